The van der Waals surface area contributed by atoms with Crippen LogP contribution in [0.5, 0.6) is 5.75 Å². The summed E-state index contributed by atoms with van der Waals surface area (Å²) in [5.41, 5.74) is -0.449. The monoisotopic (exact) mass is 384 g/mol. The summed E-state index contributed by atoms with van der Waals surface area (Å²) >= 11 is 0. The molecule has 0 amide bonds. The molecule has 0 saturated heterocycles. The van der Waals surface area contributed by atoms with E-state index in [-0.39, 0.29) is 12.4 Å². The second-order valence-corrected chi connectivity index (χ2v) is 5.04. The molecule has 11 heteroatoms. The van der Waals surface area contributed by atoms with Crippen molar-refractivity contribution < 1.29 is 49.4 Å². The molecule has 0 saturated carbocycles. The van der Waals surface area contributed by atoms with Gasteiger partial charge in [0.1, 0.15) is 5.75 Å². The fraction of sp³-hybridized carbons (Fsp3) is 0.571. The third kappa shape index (κ3) is 3.96. The van der Waals surface area contributed by atoms with Crippen molar-refractivity contribution in [3.8, 4) is 5.75 Å². The van der Waals surface area contributed by atoms with E-state index in [9.17, 15) is 44.6 Å². The number of aliphatic hydroxyl groups excluding tert-OH is 1. The molecule has 0 aliphatic rings. The molecule has 0 radical (unpaired) electrons. The van der Waals surface area contributed by atoms with Crippen LogP contribution in [0.25, 0.3) is 0 Å². The smallest absolute Gasteiger partial charge is 0.460 e. The number of alkyl halides is 9. The normalized spacial score (nSPS) is 15.2. The van der Waals surface area contributed by atoms with E-state index >= 15 is 0 Å². The number of aliphatic hydroxyl groups is 1. The summed E-state index contributed by atoms with van der Waals surface area (Å²) in [4.78, 5) is 0. The van der Waals surface area contributed by atoms with E-state index in [1.165, 1.54) is 25.1 Å². The SMILES string of the molecule is CCOc1ccccc1C(O)CC(F)(F)C(F)(F)C(F)(F)C(F)(F)F. The molecule has 1 aromatic carbocycles. The average Bonchev–Trinajstić information content (AvgIpc) is 2.46. The summed E-state index contributed by atoms with van der Waals surface area (Å²) in [6, 6.07) is 4.74. The maximum atomic E-state index is 13.6. The van der Waals surface area contributed by atoms with Crippen LogP contribution in [0, 0.1) is 0 Å². The van der Waals surface area contributed by atoms with Gasteiger partial charge < -0.3 is 9.84 Å². The standard InChI is InChI=1S/C14H13F9O2/c1-2-25-10-6-4-3-5-8(10)9(24)7-11(15,16)12(17,18)13(19,20)14(21,22)23/h3-6,9,24H,2,7H2,1H3. The second-order valence-electron chi connectivity index (χ2n) is 5.04. The third-order valence-electron chi connectivity index (χ3n) is 3.24. The summed E-state index contributed by atoms with van der Waals surface area (Å²) in [5.74, 6) is -19.8. The van der Waals surface area contributed by atoms with Crippen LogP contribution in [0.4, 0.5) is 39.5 Å². The number of hydrogen-bond acceptors (Lipinski definition) is 2. The van der Waals surface area contributed by atoms with E-state index in [0.717, 1.165) is 6.07 Å². The Kier molecular flexibility index (Phi) is 5.93. The van der Waals surface area contributed by atoms with Crippen molar-refractivity contribution in [2.24, 2.45) is 0 Å². The zero-order valence-electron chi connectivity index (χ0n) is 12.6. The van der Waals surface area contributed by atoms with Crippen LogP contribution in [0.1, 0.15) is 25.0 Å². The van der Waals surface area contributed by atoms with Gasteiger partial charge in [-0.25, -0.2) is 0 Å². The first kappa shape index (κ1) is 21.4. The number of para-hydroxylation sites is 1. The van der Waals surface area contributed by atoms with E-state index in [1.54, 1.807) is 0 Å². The predicted molar refractivity (Wildman–Crippen MR) is 68.1 cm³/mol. The topological polar surface area (TPSA) is 29.5 Å². The van der Waals surface area contributed by atoms with Gasteiger partial charge in [-0.3, -0.25) is 0 Å². The number of rotatable bonds is 7. The van der Waals surface area contributed by atoms with Crippen LogP contribution < -0.4 is 4.74 Å². The zero-order chi connectivity index (χ0) is 19.7. The Bertz CT molecular complexity index is 584. The van der Waals surface area contributed by atoms with Gasteiger partial charge in [-0.15, -0.1) is 0 Å². The van der Waals surface area contributed by atoms with Crippen LogP contribution >= 0.6 is 0 Å². The zero-order valence-corrected chi connectivity index (χ0v) is 12.6. The van der Waals surface area contributed by atoms with E-state index in [2.05, 4.69) is 0 Å². The minimum atomic E-state index is -6.98. The Morgan fingerprint density at radius 2 is 1.44 bits per heavy atom. The highest BCUT2D eigenvalue weighted by Crippen LogP contribution is 2.55. The van der Waals surface area contributed by atoms with Crippen LogP contribution in [0.3, 0.4) is 0 Å². The van der Waals surface area contributed by atoms with Crippen LogP contribution in [-0.2, 0) is 0 Å². The van der Waals surface area contributed by atoms with E-state index in [1.807, 2.05) is 0 Å². The second kappa shape index (κ2) is 6.93. The first-order chi connectivity index (χ1) is 11.2. The fourth-order valence-corrected chi connectivity index (χ4v) is 1.93. The fourth-order valence-electron chi connectivity index (χ4n) is 1.93. The summed E-state index contributed by atoms with van der Waals surface area (Å²) in [6.45, 7) is 1.48. The minimum absolute atomic E-state index is 0.00241. The number of halogens is 9. The van der Waals surface area contributed by atoms with Crippen molar-refractivity contribution in [1.82, 2.24) is 0 Å². The molecule has 144 valence electrons. The molecule has 1 aromatic rings. The van der Waals surface area contributed by atoms with E-state index < -0.39 is 42.0 Å². The van der Waals surface area contributed by atoms with E-state index in [0.29, 0.717) is 0 Å². The molecule has 1 atom stereocenters. The first-order valence-corrected chi connectivity index (χ1v) is 6.79. The molecular formula is C14H13F9O2. The Balaban J connectivity index is 3.16. The number of hydrogen-bond donors (Lipinski definition) is 1. The molecule has 25 heavy (non-hydrogen) atoms. The molecule has 0 aromatic heterocycles. The summed E-state index contributed by atoms with van der Waals surface area (Å²) < 4.78 is 120. The Morgan fingerprint density at radius 1 is 0.920 bits per heavy atom. The van der Waals surface area contributed by atoms with Gasteiger partial charge in [0.15, 0.2) is 0 Å². The molecule has 0 aliphatic carbocycles. The maximum Gasteiger partial charge on any atom is 0.460 e. The van der Waals surface area contributed by atoms with Crippen LogP contribution in [-0.4, -0.2) is 35.7 Å². The largest absolute Gasteiger partial charge is 0.493 e. The molecule has 1 N–H and O–H groups in total. The van der Waals surface area contributed by atoms with Gasteiger partial charge in [0.2, 0.25) is 0 Å². The van der Waals surface area contributed by atoms with Gasteiger partial charge in [0.05, 0.1) is 12.7 Å². The lowest BCUT2D eigenvalue weighted by molar-refractivity contribution is -0.398. The molecule has 0 heterocycles. The molecule has 2 nitrogen and oxygen atoms in total. The lowest BCUT2D eigenvalue weighted by Crippen LogP contribution is -2.61. The van der Waals surface area contributed by atoms with Crippen molar-refractivity contribution in [2.75, 3.05) is 6.61 Å². The first-order valence-electron chi connectivity index (χ1n) is 6.79. The minimum Gasteiger partial charge on any atom is -0.493 e. The van der Waals surface area contributed by atoms with Crippen LogP contribution in [0.15, 0.2) is 24.3 Å². The van der Waals surface area contributed by atoms with Gasteiger partial charge in [-0.05, 0) is 13.0 Å². The lowest BCUT2D eigenvalue weighted by Gasteiger charge is -2.34. The predicted octanol–water partition coefficient (Wildman–Crippen LogP) is 4.98. The molecule has 0 bridgehead atoms. The highest BCUT2D eigenvalue weighted by molar-refractivity contribution is 5.35. The van der Waals surface area contributed by atoms with Crippen molar-refractivity contribution in [3.05, 3.63) is 29.8 Å². The highest BCUT2D eigenvalue weighted by Gasteiger charge is 2.81. The lowest BCUT2D eigenvalue weighted by atomic mass is 9.95. The van der Waals surface area contributed by atoms with Crippen molar-refractivity contribution in [1.29, 1.82) is 0 Å². The Morgan fingerprint density at radius 3 is 1.92 bits per heavy atom. The molecule has 0 aliphatic heterocycles. The third-order valence-corrected chi connectivity index (χ3v) is 3.24. The highest BCUT2D eigenvalue weighted by atomic mass is 19.4. The van der Waals surface area contributed by atoms with E-state index in [4.69, 9.17) is 4.74 Å². The molecular weight excluding hydrogens is 371 g/mol. The molecule has 1 rings (SSSR count). The van der Waals surface area contributed by atoms with Crippen molar-refractivity contribution in [2.45, 2.75) is 43.4 Å². The molecule has 1 unspecified atom stereocenters. The summed E-state index contributed by atoms with van der Waals surface area (Å²) in [6.07, 6.45) is -11.7. The number of ether oxygens (including phenoxy) is 1. The van der Waals surface area contributed by atoms with Gasteiger partial charge in [0.25, 0.3) is 0 Å². The quantitative estimate of drug-likeness (QED) is 0.673. The Hall–Kier alpha value is -1.65. The van der Waals surface area contributed by atoms with Crippen molar-refractivity contribution in [3.63, 3.8) is 0 Å². The number of benzene rings is 1. The van der Waals surface area contributed by atoms with Crippen molar-refractivity contribution >= 4 is 0 Å². The maximum absolute atomic E-state index is 13.6. The Labute approximate surface area is 136 Å². The van der Waals surface area contributed by atoms with Crippen LogP contribution in [0.2, 0.25) is 0 Å². The van der Waals surface area contributed by atoms with Gasteiger partial charge >= 0.3 is 23.9 Å². The van der Waals surface area contributed by atoms with Gasteiger partial charge in [-0.1, -0.05) is 18.2 Å². The summed E-state index contributed by atoms with van der Waals surface area (Å²) in [7, 11) is 0. The van der Waals surface area contributed by atoms with Gasteiger partial charge in [0, 0.05) is 12.0 Å². The average molecular weight is 384 g/mol. The molecule has 0 fully saturated rings. The van der Waals surface area contributed by atoms with Gasteiger partial charge in [-0.2, -0.15) is 39.5 Å². The molecule has 0 spiro atoms. The summed E-state index contributed by atoms with van der Waals surface area (Å²) in [5, 5.41) is 9.68.